The van der Waals surface area contributed by atoms with Crippen LogP contribution < -0.4 is 0 Å². The summed E-state index contributed by atoms with van der Waals surface area (Å²) in [5.74, 6) is -2.94. The van der Waals surface area contributed by atoms with Crippen LogP contribution in [0.3, 0.4) is 0 Å². The summed E-state index contributed by atoms with van der Waals surface area (Å²) in [4.78, 5) is 40.5. The first-order valence-electron chi connectivity index (χ1n) is 12.8. The highest BCUT2D eigenvalue weighted by Gasteiger charge is 2.46. The van der Waals surface area contributed by atoms with Crippen LogP contribution in [0.4, 0.5) is 10.1 Å². The second-order valence-corrected chi connectivity index (χ2v) is 9.22. The number of amides is 1. The van der Waals surface area contributed by atoms with E-state index in [-0.39, 0.29) is 28.9 Å². The van der Waals surface area contributed by atoms with E-state index in [1.807, 2.05) is 0 Å². The van der Waals surface area contributed by atoms with Crippen molar-refractivity contribution in [3.05, 3.63) is 81.2 Å². The lowest BCUT2D eigenvalue weighted by Crippen LogP contribution is -2.34. The number of halogens is 1. The molecule has 1 aliphatic rings. The fraction of sp³-hybridized carbons (Fsp3) is 0.429. The number of aliphatic hydroxyl groups excluding tert-OH is 1. The molecule has 1 atom stereocenters. The van der Waals surface area contributed by atoms with Gasteiger partial charge in [0, 0.05) is 29.8 Å². The summed E-state index contributed by atoms with van der Waals surface area (Å²) in [6.45, 7) is 7.07. The maximum atomic E-state index is 15.0. The molecule has 2 aromatic carbocycles. The highest BCUT2D eigenvalue weighted by Crippen LogP contribution is 2.40. The van der Waals surface area contributed by atoms with Crippen LogP contribution in [-0.4, -0.2) is 57.7 Å². The lowest BCUT2D eigenvalue weighted by molar-refractivity contribution is -0.384. The van der Waals surface area contributed by atoms with E-state index in [0.29, 0.717) is 6.42 Å². The average Bonchev–Trinajstić information content (AvgIpc) is 3.14. The summed E-state index contributed by atoms with van der Waals surface area (Å²) in [6, 6.07) is 9.85. The second-order valence-electron chi connectivity index (χ2n) is 9.22. The number of rotatable bonds is 13. The molecule has 0 unspecified atom stereocenters. The maximum absolute atomic E-state index is 15.0. The molecule has 1 saturated heterocycles. The van der Waals surface area contributed by atoms with Crippen molar-refractivity contribution in [2.75, 3.05) is 26.2 Å². The topological polar surface area (TPSA) is 104 Å². The highest BCUT2D eigenvalue weighted by atomic mass is 19.1. The van der Waals surface area contributed by atoms with Crippen LogP contribution in [-0.2, 0) is 9.59 Å². The second kappa shape index (κ2) is 13.1. The third-order valence-corrected chi connectivity index (χ3v) is 6.60. The molecule has 0 spiro atoms. The summed E-state index contributed by atoms with van der Waals surface area (Å²) in [7, 11) is 0. The number of nitro benzene ring substituents is 1. The number of ketones is 1. The summed E-state index contributed by atoms with van der Waals surface area (Å²) in [5, 5.41) is 22.3. The predicted molar refractivity (Wildman–Crippen MR) is 139 cm³/mol. The highest BCUT2D eigenvalue weighted by molar-refractivity contribution is 6.46. The summed E-state index contributed by atoms with van der Waals surface area (Å²) in [5.41, 5.74) is -0.453. The smallest absolute Gasteiger partial charge is 0.295 e. The van der Waals surface area contributed by atoms with E-state index in [4.69, 9.17) is 0 Å². The number of nitrogens with zero attached hydrogens (tertiary/aromatic N) is 3. The van der Waals surface area contributed by atoms with Crippen LogP contribution in [0.15, 0.2) is 54.1 Å². The fourth-order valence-electron chi connectivity index (χ4n) is 4.62. The van der Waals surface area contributed by atoms with E-state index >= 15 is 0 Å². The molecule has 1 heterocycles. The van der Waals surface area contributed by atoms with E-state index in [1.165, 1.54) is 41.3 Å². The van der Waals surface area contributed by atoms with Crippen LogP contribution in [0.25, 0.3) is 5.76 Å². The minimum atomic E-state index is -1.14. The van der Waals surface area contributed by atoms with Gasteiger partial charge in [0.2, 0.25) is 0 Å². The Morgan fingerprint density at radius 2 is 1.68 bits per heavy atom. The monoisotopic (exact) mass is 511 g/mol. The van der Waals surface area contributed by atoms with Crippen LogP contribution in [0, 0.1) is 15.9 Å². The third kappa shape index (κ3) is 6.60. The van der Waals surface area contributed by atoms with Gasteiger partial charge in [-0.25, -0.2) is 4.39 Å². The van der Waals surface area contributed by atoms with E-state index in [1.54, 1.807) is 6.07 Å². The van der Waals surface area contributed by atoms with E-state index in [2.05, 4.69) is 18.7 Å². The number of aliphatic hydroxyl groups is 1. The Balaban J connectivity index is 1.97. The molecule has 198 valence electrons. The molecule has 8 nitrogen and oxygen atoms in total. The van der Waals surface area contributed by atoms with Crippen LogP contribution in [0.5, 0.6) is 0 Å². The molecule has 0 aliphatic carbocycles. The molecule has 9 heteroatoms. The number of benzene rings is 2. The van der Waals surface area contributed by atoms with Crippen molar-refractivity contribution in [1.82, 2.24) is 9.80 Å². The summed E-state index contributed by atoms with van der Waals surface area (Å²) in [6.07, 6.45) is 4.84. The Bertz CT molecular complexity index is 1160. The molecular weight excluding hydrogens is 477 g/mol. The molecular formula is C28H34FN3O5. The predicted octanol–water partition coefficient (Wildman–Crippen LogP) is 5.45. The number of Topliss-reactive ketones (excluding diaryl/α,β-unsaturated/α-hetero) is 1. The Morgan fingerprint density at radius 3 is 2.30 bits per heavy atom. The number of likely N-dealkylation sites (tertiary alicyclic amines) is 1. The van der Waals surface area contributed by atoms with Crippen molar-refractivity contribution < 1.29 is 24.0 Å². The van der Waals surface area contributed by atoms with Gasteiger partial charge < -0.3 is 14.9 Å². The average molecular weight is 512 g/mol. The Labute approximate surface area is 216 Å². The summed E-state index contributed by atoms with van der Waals surface area (Å²) >= 11 is 0. The lowest BCUT2D eigenvalue weighted by atomic mass is 9.94. The molecule has 1 aliphatic heterocycles. The molecule has 0 radical (unpaired) electrons. The Kier molecular flexibility index (Phi) is 9.91. The molecule has 37 heavy (non-hydrogen) atoms. The van der Waals surface area contributed by atoms with Crippen molar-refractivity contribution in [2.45, 2.75) is 52.0 Å². The van der Waals surface area contributed by atoms with Gasteiger partial charge in [0.1, 0.15) is 11.6 Å². The zero-order valence-corrected chi connectivity index (χ0v) is 21.4. The van der Waals surface area contributed by atoms with Crippen molar-refractivity contribution in [2.24, 2.45) is 0 Å². The number of hydrogen-bond donors (Lipinski definition) is 1. The number of nitro groups is 1. The normalized spacial score (nSPS) is 17.1. The van der Waals surface area contributed by atoms with E-state index in [9.17, 15) is 29.2 Å². The van der Waals surface area contributed by atoms with Crippen LogP contribution >= 0.6 is 0 Å². The fourth-order valence-corrected chi connectivity index (χ4v) is 4.62. The van der Waals surface area contributed by atoms with Gasteiger partial charge in [-0.3, -0.25) is 19.7 Å². The van der Waals surface area contributed by atoms with Gasteiger partial charge in [0.25, 0.3) is 17.4 Å². The standard InChI is InChI=1S/C28H34FN3O5/c1-3-5-15-30(16-6-4-2)17-10-18-31-25(22-13-7-8-14-23(22)29)24(27(34)28(31)35)26(33)20-11-9-12-21(19-20)32(36)37/h7-9,11-14,19,25,33H,3-6,10,15-18H2,1-2H3/t25-/m0/s1. The SMILES string of the molecule is CCCCN(CCCC)CCCN1C(=O)C(=O)C(=C(O)c2cccc([N+](=O)[O-])c2)[C@@H]1c1ccccc1F. The van der Waals surface area contributed by atoms with Crippen molar-refractivity contribution in [1.29, 1.82) is 0 Å². The number of carbonyl (C=O) groups excluding carboxylic acids is 2. The van der Waals surface area contributed by atoms with Gasteiger partial charge in [0.15, 0.2) is 0 Å². The number of non-ortho nitro benzene ring substituents is 1. The number of carbonyl (C=O) groups is 2. The number of hydrogen-bond acceptors (Lipinski definition) is 6. The van der Waals surface area contributed by atoms with Gasteiger partial charge in [-0.2, -0.15) is 0 Å². The molecule has 0 saturated carbocycles. The molecule has 1 fully saturated rings. The van der Waals surface area contributed by atoms with Gasteiger partial charge >= 0.3 is 0 Å². The molecule has 3 rings (SSSR count). The zero-order chi connectivity index (χ0) is 26.9. The third-order valence-electron chi connectivity index (χ3n) is 6.60. The van der Waals surface area contributed by atoms with Crippen LogP contribution in [0.1, 0.15) is 63.1 Å². The van der Waals surface area contributed by atoms with Gasteiger partial charge in [-0.15, -0.1) is 0 Å². The molecule has 0 bridgehead atoms. The summed E-state index contributed by atoms with van der Waals surface area (Å²) < 4.78 is 15.0. The Hall–Kier alpha value is -3.59. The van der Waals surface area contributed by atoms with Gasteiger partial charge in [-0.1, -0.05) is 57.0 Å². The van der Waals surface area contributed by atoms with Crippen molar-refractivity contribution in [3.63, 3.8) is 0 Å². The molecule has 2 aromatic rings. The largest absolute Gasteiger partial charge is 0.507 e. The first-order valence-corrected chi connectivity index (χ1v) is 12.8. The number of unbranched alkanes of at least 4 members (excludes halogenated alkanes) is 2. The first-order chi connectivity index (χ1) is 17.8. The zero-order valence-electron chi connectivity index (χ0n) is 21.4. The minimum absolute atomic E-state index is 0.0128. The van der Waals surface area contributed by atoms with E-state index in [0.717, 1.165) is 51.4 Å². The van der Waals surface area contributed by atoms with E-state index < -0.39 is 34.2 Å². The molecule has 0 aromatic heterocycles. The molecule has 1 N–H and O–H groups in total. The van der Waals surface area contributed by atoms with Gasteiger partial charge in [0.05, 0.1) is 16.5 Å². The van der Waals surface area contributed by atoms with Gasteiger partial charge in [-0.05, 0) is 45.0 Å². The van der Waals surface area contributed by atoms with Crippen LogP contribution in [0.2, 0.25) is 0 Å². The maximum Gasteiger partial charge on any atom is 0.295 e. The molecule has 1 amide bonds. The lowest BCUT2D eigenvalue weighted by Gasteiger charge is -2.27. The van der Waals surface area contributed by atoms with Crippen molar-refractivity contribution in [3.8, 4) is 0 Å². The minimum Gasteiger partial charge on any atom is -0.507 e. The van der Waals surface area contributed by atoms with Crippen molar-refractivity contribution >= 4 is 23.1 Å². The Morgan fingerprint density at radius 1 is 1.03 bits per heavy atom. The first kappa shape index (κ1) is 28.0. The quantitative estimate of drug-likeness (QED) is 0.126.